The van der Waals surface area contributed by atoms with Gasteiger partial charge in [-0.3, -0.25) is 9.59 Å². The second-order valence-corrected chi connectivity index (χ2v) is 8.64. The Kier molecular flexibility index (Phi) is 7.14. The van der Waals surface area contributed by atoms with Crippen LogP contribution in [0, 0.1) is 13.8 Å². The van der Waals surface area contributed by atoms with E-state index in [2.05, 4.69) is 9.88 Å². The summed E-state index contributed by atoms with van der Waals surface area (Å²) >= 11 is 0. The zero-order chi connectivity index (χ0) is 21.0. The first kappa shape index (κ1) is 21.6. The third-order valence-electron chi connectivity index (χ3n) is 6.54. The monoisotopic (exact) mass is 402 g/mol. The van der Waals surface area contributed by atoms with Crippen molar-refractivity contribution in [3.8, 4) is 0 Å². The summed E-state index contributed by atoms with van der Waals surface area (Å²) in [5.41, 5.74) is 2.03. The lowest BCUT2D eigenvalue weighted by Crippen LogP contribution is -2.50. The predicted octanol–water partition coefficient (Wildman–Crippen LogP) is 4.48. The maximum atomic E-state index is 13.1. The van der Waals surface area contributed by atoms with Crippen LogP contribution in [-0.4, -0.2) is 46.2 Å². The number of aromatic nitrogens is 1. The summed E-state index contributed by atoms with van der Waals surface area (Å²) in [7, 11) is 0. The van der Waals surface area contributed by atoms with E-state index >= 15 is 0 Å². The van der Waals surface area contributed by atoms with Crippen LogP contribution in [0.25, 0.3) is 0 Å². The number of amides is 1. The molecule has 0 unspecified atom stereocenters. The highest BCUT2D eigenvalue weighted by Crippen LogP contribution is 2.30. The van der Waals surface area contributed by atoms with Crippen molar-refractivity contribution in [2.75, 3.05) is 6.61 Å². The van der Waals surface area contributed by atoms with Crippen molar-refractivity contribution in [2.45, 2.75) is 97.1 Å². The van der Waals surface area contributed by atoms with Crippen LogP contribution in [0.15, 0.2) is 0 Å². The predicted molar refractivity (Wildman–Crippen MR) is 111 cm³/mol. The van der Waals surface area contributed by atoms with Gasteiger partial charge in [-0.15, -0.1) is 0 Å². The Labute approximate surface area is 173 Å². The van der Waals surface area contributed by atoms with Gasteiger partial charge in [-0.2, -0.15) is 0 Å². The molecule has 1 aromatic heterocycles. The fourth-order valence-electron chi connectivity index (χ4n) is 5.18. The Morgan fingerprint density at radius 2 is 1.45 bits per heavy atom. The van der Waals surface area contributed by atoms with Gasteiger partial charge in [0.25, 0.3) is 5.91 Å². The molecule has 0 saturated heterocycles. The lowest BCUT2D eigenvalue weighted by Gasteiger charge is -2.41. The third-order valence-corrected chi connectivity index (χ3v) is 6.54. The van der Waals surface area contributed by atoms with Crippen molar-refractivity contribution < 1.29 is 19.1 Å². The molecule has 160 valence electrons. The Hall–Kier alpha value is -2.11. The highest BCUT2D eigenvalue weighted by molar-refractivity contribution is 6.01. The molecule has 6 heteroatoms. The van der Waals surface area contributed by atoms with E-state index in [0.29, 0.717) is 16.8 Å². The normalized spacial score (nSPS) is 18.4. The number of aryl methyl sites for hydroxylation is 1. The second kappa shape index (κ2) is 9.59. The lowest BCUT2D eigenvalue weighted by atomic mass is 9.88. The number of ether oxygens (including phenoxy) is 1. The number of hydrogen-bond acceptors (Lipinski definition) is 4. The highest BCUT2D eigenvalue weighted by Gasteiger charge is 2.33. The first-order chi connectivity index (χ1) is 13.9. The Morgan fingerprint density at radius 1 is 0.931 bits per heavy atom. The molecule has 1 heterocycles. The highest BCUT2D eigenvalue weighted by atomic mass is 16.5. The van der Waals surface area contributed by atoms with Gasteiger partial charge in [-0.1, -0.05) is 38.5 Å². The van der Waals surface area contributed by atoms with Crippen molar-refractivity contribution in [2.24, 2.45) is 0 Å². The number of carbonyl (C=O) groups excluding carboxylic acids is 3. The number of nitrogens with one attached hydrogen (secondary N) is 1. The van der Waals surface area contributed by atoms with Gasteiger partial charge in [0, 0.05) is 23.3 Å². The molecule has 3 rings (SSSR count). The van der Waals surface area contributed by atoms with Gasteiger partial charge in [-0.05, 0) is 52.0 Å². The number of aromatic amines is 1. The SMILES string of the molecule is CC(=O)c1c(C)[nH]c(C(=O)OCC(=O)N(C2CCCCC2)C2CCCCC2)c1C. The zero-order valence-corrected chi connectivity index (χ0v) is 18.0. The summed E-state index contributed by atoms with van der Waals surface area (Å²) in [5, 5.41) is 0. The number of hydrogen-bond donors (Lipinski definition) is 1. The minimum Gasteiger partial charge on any atom is -0.451 e. The number of rotatable bonds is 6. The molecule has 0 aromatic carbocycles. The molecule has 2 saturated carbocycles. The largest absolute Gasteiger partial charge is 0.451 e. The van der Waals surface area contributed by atoms with E-state index in [9.17, 15) is 14.4 Å². The van der Waals surface area contributed by atoms with E-state index in [-0.39, 0.29) is 36.1 Å². The summed E-state index contributed by atoms with van der Waals surface area (Å²) in [4.78, 5) is 42.5. The average Bonchev–Trinajstić information content (AvgIpc) is 3.02. The Bertz CT molecular complexity index is 737. The molecule has 2 aliphatic rings. The van der Waals surface area contributed by atoms with Gasteiger partial charge in [0.1, 0.15) is 5.69 Å². The summed E-state index contributed by atoms with van der Waals surface area (Å²) in [6, 6.07) is 0.550. The van der Waals surface area contributed by atoms with E-state index in [4.69, 9.17) is 4.74 Å². The standard InChI is InChI=1S/C23H34N2O4/c1-15-21(17(3)26)16(2)24-22(15)23(28)29-14-20(27)25(18-10-6-4-7-11-18)19-12-8-5-9-13-19/h18-19,24H,4-14H2,1-3H3. The summed E-state index contributed by atoms with van der Waals surface area (Å²) < 4.78 is 5.41. The molecule has 2 fully saturated rings. The molecule has 2 aliphatic carbocycles. The number of carbonyl (C=O) groups is 3. The fourth-order valence-corrected chi connectivity index (χ4v) is 5.18. The van der Waals surface area contributed by atoms with Crippen LogP contribution < -0.4 is 0 Å². The van der Waals surface area contributed by atoms with Crippen molar-refractivity contribution in [1.82, 2.24) is 9.88 Å². The molecular formula is C23H34N2O4. The molecule has 0 aliphatic heterocycles. The summed E-state index contributed by atoms with van der Waals surface area (Å²) in [5.74, 6) is -0.740. The van der Waals surface area contributed by atoms with Gasteiger partial charge < -0.3 is 14.6 Å². The Balaban J connectivity index is 1.68. The van der Waals surface area contributed by atoms with Gasteiger partial charge >= 0.3 is 5.97 Å². The maximum absolute atomic E-state index is 13.1. The third kappa shape index (κ3) is 4.90. The van der Waals surface area contributed by atoms with Crippen molar-refractivity contribution in [1.29, 1.82) is 0 Å². The molecule has 1 N–H and O–H groups in total. The van der Waals surface area contributed by atoms with Crippen LogP contribution in [0.3, 0.4) is 0 Å². The molecule has 6 nitrogen and oxygen atoms in total. The van der Waals surface area contributed by atoms with Gasteiger partial charge in [0.15, 0.2) is 12.4 Å². The second-order valence-electron chi connectivity index (χ2n) is 8.64. The van der Waals surface area contributed by atoms with E-state index in [1.807, 2.05) is 0 Å². The summed E-state index contributed by atoms with van der Waals surface area (Å²) in [6.07, 6.45) is 11.3. The smallest absolute Gasteiger partial charge is 0.355 e. The number of esters is 1. The van der Waals surface area contributed by atoms with E-state index in [0.717, 1.165) is 51.4 Å². The van der Waals surface area contributed by atoms with E-state index < -0.39 is 5.97 Å². The van der Waals surface area contributed by atoms with E-state index in [1.165, 1.54) is 19.8 Å². The van der Waals surface area contributed by atoms with Crippen LogP contribution in [0.2, 0.25) is 0 Å². The van der Waals surface area contributed by atoms with E-state index in [1.54, 1.807) is 13.8 Å². The number of nitrogens with zero attached hydrogens (tertiary/aromatic N) is 1. The Morgan fingerprint density at radius 3 is 1.90 bits per heavy atom. The molecule has 29 heavy (non-hydrogen) atoms. The van der Waals surface area contributed by atoms with Crippen molar-refractivity contribution in [3.63, 3.8) is 0 Å². The quantitative estimate of drug-likeness (QED) is 0.562. The molecule has 0 spiro atoms. The van der Waals surface area contributed by atoms with Crippen molar-refractivity contribution in [3.05, 3.63) is 22.5 Å². The maximum Gasteiger partial charge on any atom is 0.355 e. The van der Waals surface area contributed by atoms with Gasteiger partial charge in [-0.25, -0.2) is 4.79 Å². The van der Waals surface area contributed by atoms with Gasteiger partial charge in [0.2, 0.25) is 0 Å². The number of ketones is 1. The minimum absolute atomic E-state index is 0.0788. The topological polar surface area (TPSA) is 79.5 Å². The molecule has 0 bridgehead atoms. The van der Waals surface area contributed by atoms with Crippen LogP contribution in [0.4, 0.5) is 0 Å². The molecule has 1 aromatic rings. The number of Topliss-reactive ketones (excluding diaryl/α,β-unsaturated/α-hetero) is 1. The van der Waals surface area contributed by atoms with Gasteiger partial charge in [0.05, 0.1) is 0 Å². The van der Waals surface area contributed by atoms with Crippen LogP contribution in [0.1, 0.15) is 103 Å². The first-order valence-electron chi connectivity index (χ1n) is 11.1. The first-order valence-corrected chi connectivity index (χ1v) is 11.1. The average molecular weight is 403 g/mol. The minimum atomic E-state index is -0.571. The molecule has 1 amide bonds. The fraction of sp³-hybridized carbons (Fsp3) is 0.696. The van der Waals surface area contributed by atoms with Crippen LogP contribution in [-0.2, 0) is 9.53 Å². The molecule has 0 radical (unpaired) electrons. The van der Waals surface area contributed by atoms with Crippen LogP contribution in [0.5, 0.6) is 0 Å². The zero-order valence-electron chi connectivity index (χ0n) is 18.0. The number of H-pyrrole nitrogens is 1. The van der Waals surface area contributed by atoms with Crippen molar-refractivity contribution >= 4 is 17.7 Å². The van der Waals surface area contributed by atoms with Crippen LogP contribution >= 0.6 is 0 Å². The molecule has 0 atom stereocenters. The lowest BCUT2D eigenvalue weighted by molar-refractivity contribution is -0.141. The summed E-state index contributed by atoms with van der Waals surface area (Å²) in [6.45, 7) is 4.74. The molecular weight excluding hydrogens is 368 g/mol.